The number of phenols is 1. The predicted octanol–water partition coefficient (Wildman–Crippen LogP) is 1.81. The number of carboxylic acids is 1. The quantitative estimate of drug-likeness (QED) is 0.667. The second-order valence-corrected chi connectivity index (χ2v) is 3.11. The van der Waals surface area contributed by atoms with Crippen LogP contribution in [0.3, 0.4) is 0 Å². The van der Waals surface area contributed by atoms with Gasteiger partial charge in [0, 0.05) is 11.8 Å². The van der Waals surface area contributed by atoms with Gasteiger partial charge >= 0.3 is 5.97 Å². The molecule has 1 atom stereocenters. The van der Waals surface area contributed by atoms with Crippen molar-refractivity contribution in [3.05, 3.63) is 24.0 Å². The van der Waals surface area contributed by atoms with Gasteiger partial charge in [0.05, 0.1) is 0 Å². The topological polar surface area (TPSA) is 69.6 Å². The van der Waals surface area contributed by atoms with Crippen LogP contribution >= 0.6 is 0 Å². The van der Waals surface area contributed by atoms with Crippen molar-refractivity contribution in [3.63, 3.8) is 0 Å². The summed E-state index contributed by atoms with van der Waals surface area (Å²) < 4.78 is 12.9. The standard InChI is InChI=1S/C10H12FNO3/c1-2-8(10(14)15)12-6-3-4-9(13)7(11)5-6/h3-5,8,12-13H,2H2,1H3,(H,14,15). The molecule has 4 nitrogen and oxygen atoms in total. The minimum absolute atomic E-state index is 0.333. The molecule has 0 aromatic heterocycles. The van der Waals surface area contributed by atoms with Crippen molar-refractivity contribution in [2.45, 2.75) is 19.4 Å². The summed E-state index contributed by atoms with van der Waals surface area (Å²) in [5.74, 6) is -2.23. The summed E-state index contributed by atoms with van der Waals surface area (Å²) in [4.78, 5) is 10.7. The molecule has 0 radical (unpaired) electrons. The predicted molar refractivity (Wildman–Crippen MR) is 53.4 cm³/mol. The molecule has 0 spiro atoms. The largest absolute Gasteiger partial charge is 0.505 e. The van der Waals surface area contributed by atoms with Crippen molar-refractivity contribution in [2.75, 3.05) is 5.32 Å². The Labute approximate surface area is 86.4 Å². The number of carbonyl (C=O) groups is 1. The van der Waals surface area contributed by atoms with Gasteiger partial charge in [0.1, 0.15) is 6.04 Å². The first-order valence-electron chi connectivity index (χ1n) is 4.52. The van der Waals surface area contributed by atoms with Gasteiger partial charge in [-0.2, -0.15) is 0 Å². The van der Waals surface area contributed by atoms with E-state index in [0.717, 1.165) is 6.07 Å². The van der Waals surface area contributed by atoms with Gasteiger partial charge in [0.25, 0.3) is 0 Å². The number of phenolic OH excluding ortho intramolecular Hbond substituents is 1. The van der Waals surface area contributed by atoms with Crippen LogP contribution < -0.4 is 5.32 Å². The van der Waals surface area contributed by atoms with Gasteiger partial charge in [-0.3, -0.25) is 0 Å². The number of hydrogen-bond acceptors (Lipinski definition) is 3. The number of rotatable bonds is 4. The van der Waals surface area contributed by atoms with Crippen molar-refractivity contribution in [3.8, 4) is 5.75 Å². The number of aromatic hydroxyl groups is 1. The zero-order valence-corrected chi connectivity index (χ0v) is 8.20. The molecule has 0 saturated heterocycles. The number of aliphatic carboxylic acids is 1. The Balaban J connectivity index is 2.80. The molecule has 1 aromatic rings. The van der Waals surface area contributed by atoms with Crippen LogP contribution in [0.15, 0.2) is 18.2 Å². The summed E-state index contributed by atoms with van der Waals surface area (Å²) in [5, 5.41) is 20.3. The highest BCUT2D eigenvalue weighted by Gasteiger charge is 2.14. The van der Waals surface area contributed by atoms with Gasteiger partial charge in [-0.25, -0.2) is 9.18 Å². The molecular weight excluding hydrogens is 201 g/mol. The Morgan fingerprint density at radius 2 is 2.27 bits per heavy atom. The van der Waals surface area contributed by atoms with Gasteiger partial charge in [0.2, 0.25) is 0 Å². The van der Waals surface area contributed by atoms with Gasteiger partial charge in [-0.1, -0.05) is 6.92 Å². The molecule has 1 unspecified atom stereocenters. The smallest absolute Gasteiger partial charge is 0.326 e. The molecule has 1 aromatic carbocycles. The van der Waals surface area contributed by atoms with E-state index >= 15 is 0 Å². The van der Waals surface area contributed by atoms with E-state index in [-0.39, 0.29) is 0 Å². The van der Waals surface area contributed by atoms with E-state index in [1.54, 1.807) is 6.92 Å². The third-order valence-corrected chi connectivity index (χ3v) is 1.99. The highest BCUT2D eigenvalue weighted by Crippen LogP contribution is 2.20. The van der Waals surface area contributed by atoms with E-state index in [4.69, 9.17) is 10.2 Å². The Hall–Kier alpha value is -1.78. The van der Waals surface area contributed by atoms with Crippen molar-refractivity contribution in [1.82, 2.24) is 0 Å². The SMILES string of the molecule is CCC(Nc1ccc(O)c(F)c1)C(=O)O. The van der Waals surface area contributed by atoms with Gasteiger partial charge < -0.3 is 15.5 Å². The van der Waals surface area contributed by atoms with Crippen molar-refractivity contribution < 1.29 is 19.4 Å². The molecule has 0 amide bonds. The summed E-state index contributed by atoms with van der Waals surface area (Å²) in [6.45, 7) is 1.71. The minimum Gasteiger partial charge on any atom is -0.505 e. The Bertz CT molecular complexity index is 368. The molecule has 0 heterocycles. The van der Waals surface area contributed by atoms with Gasteiger partial charge in [-0.05, 0) is 18.6 Å². The van der Waals surface area contributed by atoms with Crippen molar-refractivity contribution in [1.29, 1.82) is 0 Å². The summed E-state index contributed by atoms with van der Waals surface area (Å²) in [5.41, 5.74) is 0.333. The molecule has 1 rings (SSSR count). The highest BCUT2D eigenvalue weighted by molar-refractivity contribution is 5.77. The van der Waals surface area contributed by atoms with E-state index < -0.39 is 23.6 Å². The fourth-order valence-corrected chi connectivity index (χ4v) is 1.14. The average molecular weight is 213 g/mol. The van der Waals surface area contributed by atoms with Crippen LogP contribution in [0.25, 0.3) is 0 Å². The van der Waals surface area contributed by atoms with Crippen LogP contribution in [0.4, 0.5) is 10.1 Å². The highest BCUT2D eigenvalue weighted by atomic mass is 19.1. The van der Waals surface area contributed by atoms with E-state index in [2.05, 4.69) is 5.32 Å². The first-order chi connectivity index (χ1) is 7.04. The van der Waals surface area contributed by atoms with Crippen LogP contribution in [0.1, 0.15) is 13.3 Å². The molecule has 15 heavy (non-hydrogen) atoms. The van der Waals surface area contributed by atoms with Crippen molar-refractivity contribution in [2.24, 2.45) is 0 Å². The van der Waals surface area contributed by atoms with Crippen LogP contribution in [0.2, 0.25) is 0 Å². The third kappa shape index (κ3) is 2.83. The maximum Gasteiger partial charge on any atom is 0.326 e. The summed E-state index contributed by atoms with van der Waals surface area (Å²) in [6.07, 6.45) is 0.387. The lowest BCUT2D eigenvalue weighted by Gasteiger charge is -2.13. The average Bonchev–Trinajstić information content (AvgIpc) is 2.19. The van der Waals surface area contributed by atoms with Crippen LogP contribution in [-0.2, 0) is 4.79 Å². The molecule has 0 aliphatic rings. The number of anilines is 1. The molecular formula is C10H12FNO3. The Morgan fingerprint density at radius 3 is 2.73 bits per heavy atom. The molecule has 0 aliphatic carbocycles. The summed E-state index contributed by atoms with van der Waals surface area (Å²) in [7, 11) is 0. The number of hydrogen-bond donors (Lipinski definition) is 3. The molecule has 0 saturated carbocycles. The lowest BCUT2D eigenvalue weighted by atomic mass is 10.2. The number of halogens is 1. The molecule has 0 fully saturated rings. The molecule has 3 N–H and O–H groups in total. The van der Waals surface area contributed by atoms with Gasteiger partial charge in [0.15, 0.2) is 11.6 Å². The van der Waals surface area contributed by atoms with E-state index in [1.165, 1.54) is 12.1 Å². The number of nitrogens with one attached hydrogen (secondary N) is 1. The first-order valence-corrected chi connectivity index (χ1v) is 4.52. The number of carboxylic acid groups (broad SMARTS) is 1. The summed E-state index contributed by atoms with van der Waals surface area (Å²) in [6, 6.07) is 2.89. The fraction of sp³-hybridized carbons (Fsp3) is 0.300. The zero-order chi connectivity index (χ0) is 11.4. The van der Waals surface area contributed by atoms with E-state index in [0.29, 0.717) is 12.1 Å². The molecule has 5 heteroatoms. The second-order valence-electron chi connectivity index (χ2n) is 3.11. The van der Waals surface area contributed by atoms with Gasteiger partial charge in [-0.15, -0.1) is 0 Å². The zero-order valence-electron chi connectivity index (χ0n) is 8.20. The normalized spacial score (nSPS) is 12.1. The molecule has 82 valence electrons. The van der Waals surface area contributed by atoms with Crippen LogP contribution in [0, 0.1) is 5.82 Å². The second kappa shape index (κ2) is 4.63. The van der Waals surface area contributed by atoms with Crippen molar-refractivity contribution >= 4 is 11.7 Å². The Kier molecular flexibility index (Phi) is 3.49. The lowest BCUT2D eigenvalue weighted by Crippen LogP contribution is -2.28. The molecule has 0 aliphatic heterocycles. The fourth-order valence-electron chi connectivity index (χ4n) is 1.14. The van der Waals surface area contributed by atoms with Crippen LogP contribution in [-0.4, -0.2) is 22.2 Å². The monoisotopic (exact) mass is 213 g/mol. The van der Waals surface area contributed by atoms with E-state index in [9.17, 15) is 9.18 Å². The maximum absolute atomic E-state index is 12.9. The Morgan fingerprint density at radius 1 is 1.60 bits per heavy atom. The third-order valence-electron chi connectivity index (χ3n) is 1.99. The maximum atomic E-state index is 12.9. The first kappa shape index (κ1) is 11.3. The molecule has 0 bridgehead atoms. The van der Waals surface area contributed by atoms with E-state index in [1.807, 2.05) is 0 Å². The lowest BCUT2D eigenvalue weighted by molar-refractivity contribution is -0.137. The minimum atomic E-state index is -0.994. The summed E-state index contributed by atoms with van der Waals surface area (Å²) >= 11 is 0. The van der Waals surface area contributed by atoms with Crippen LogP contribution in [0.5, 0.6) is 5.75 Å². The number of benzene rings is 1.